The fraction of sp³-hybridized carbons (Fsp3) is 0.286. The molecule has 0 aromatic heterocycles. The van der Waals surface area contributed by atoms with Crippen LogP contribution in [0.5, 0.6) is 0 Å². The van der Waals surface area contributed by atoms with Crippen LogP contribution in [0.3, 0.4) is 0 Å². The zero-order valence-corrected chi connectivity index (χ0v) is 26.1. The van der Waals surface area contributed by atoms with Gasteiger partial charge < -0.3 is 15.1 Å². The molecular weight excluding hydrogens is 603 g/mol. The Bertz CT molecular complexity index is 1810. The summed E-state index contributed by atoms with van der Waals surface area (Å²) in [5, 5.41) is 19.4. The van der Waals surface area contributed by atoms with Crippen molar-refractivity contribution in [2.75, 3.05) is 13.1 Å². The predicted octanol–water partition coefficient (Wildman–Crippen LogP) is 4.85. The number of piperazine rings is 1. The van der Waals surface area contributed by atoms with Crippen molar-refractivity contribution >= 4 is 34.3 Å². The summed E-state index contributed by atoms with van der Waals surface area (Å²) in [5.74, 6) is -0.903. The van der Waals surface area contributed by atoms with Crippen LogP contribution in [0.4, 0.5) is 14.9 Å². The number of nitro benzene ring substituents is 1. The number of halogens is 1. The van der Waals surface area contributed by atoms with E-state index in [2.05, 4.69) is 5.32 Å². The molecule has 2 aliphatic rings. The molecule has 11 nitrogen and oxygen atoms in total. The molecule has 2 aliphatic heterocycles. The van der Waals surface area contributed by atoms with Gasteiger partial charge in [0.25, 0.3) is 5.69 Å². The van der Waals surface area contributed by atoms with Crippen molar-refractivity contribution in [3.8, 4) is 0 Å². The number of non-ortho nitro benzene ring substituents is 1. The van der Waals surface area contributed by atoms with Crippen LogP contribution >= 0.6 is 0 Å². The van der Waals surface area contributed by atoms with Crippen molar-refractivity contribution in [3.63, 3.8) is 0 Å². The third-order valence-corrected chi connectivity index (χ3v) is 8.71. The van der Waals surface area contributed by atoms with Gasteiger partial charge in [-0.3, -0.25) is 24.7 Å². The average Bonchev–Trinajstić information content (AvgIpc) is 3.37. The summed E-state index contributed by atoms with van der Waals surface area (Å²) in [4.78, 5) is 55.7. The molecule has 0 bridgehead atoms. The van der Waals surface area contributed by atoms with Gasteiger partial charge in [-0.05, 0) is 53.4 Å². The Labute approximate surface area is 271 Å². The summed E-state index contributed by atoms with van der Waals surface area (Å²) in [5.41, 5.74) is 2.27. The average molecular weight is 639 g/mol. The van der Waals surface area contributed by atoms with E-state index in [1.165, 1.54) is 29.3 Å². The molecule has 0 aliphatic carbocycles. The number of urea groups is 1. The summed E-state index contributed by atoms with van der Waals surface area (Å²) >= 11 is 0. The fourth-order valence-corrected chi connectivity index (χ4v) is 6.49. The molecule has 2 heterocycles. The van der Waals surface area contributed by atoms with Crippen LogP contribution in [-0.2, 0) is 29.1 Å². The number of nitro groups is 1. The zero-order chi connectivity index (χ0) is 33.2. The molecule has 2 saturated heterocycles. The maximum atomic E-state index is 14.2. The molecule has 6 rings (SSSR count). The molecule has 47 heavy (non-hydrogen) atoms. The van der Waals surface area contributed by atoms with E-state index in [4.69, 9.17) is 0 Å². The Kier molecular flexibility index (Phi) is 8.86. The largest absolute Gasteiger partial charge is 0.333 e. The molecular formula is C35H35FN6O5. The Morgan fingerprint density at radius 2 is 1.66 bits per heavy atom. The highest BCUT2D eigenvalue weighted by atomic mass is 19.1. The van der Waals surface area contributed by atoms with Gasteiger partial charge in [-0.25, -0.2) is 9.18 Å². The minimum Gasteiger partial charge on any atom is -0.333 e. The number of carbonyl (C=O) groups is 3. The second kappa shape index (κ2) is 13.2. The van der Waals surface area contributed by atoms with Gasteiger partial charge in [0.1, 0.15) is 18.0 Å². The van der Waals surface area contributed by atoms with Gasteiger partial charge in [-0.2, -0.15) is 5.01 Å². The normalized spacial score (nSPS) is 18.1. The van der Waals surface area contributed by atoms with Crippen LogP contribution in [0.25, 0.3) is 10.8 Å². The van der Waals surface area contributed by atoms with E-state index in [-0.39, 0.29) is 55.4 Å². The monoisotopic (exact) mass is 638 g/mol. The molecule has 0 unspecified atom stereocenters. The molecule has 4 aromatic carbocycles. The van der Waals surface area contributed by atoms with Gasteiger partial charge in [-0.15, -0.1) is 0 Å². The maximum Gasteiger partial charge on any atom is 0.332 e. The highest BCUT2D eigenvalue weighted by molar-refractivity contribution is 5.92. The van der Waals surface area contributed by atoms with Crippen molar-refractivity contribution in [1.29, 1.82) is 0 Å². The van der Waals surface area contributed by atoms with E-state index in [0.29, 0.717) is 12.1 Å². The minimum absolute atomic E-state index is 0.0678. The van der Waals surface area contributed by atoms with Crippen molar-refractivity contribution < 1.29 is 23.7 Å². The topological polar surface area (TPSA) is 119 Å². The maximum absolute atomic E-state index is 14.2. The SMILES string of the molecule is CC(C)N(C(=O)NCc1ccc(F)cc1)N1CC(=O)N2[C@@H](Cc3ccc([N+](=O)[O-])cc3)C(=O)N(Cc3cccc4ccccc34)C[C@@H]21. The van der Waals surface area contributed by atoms with Crippen LogP contribution < -0.4 is 5.32 Å². The Hall–Kier alpha value is -5.36. The van der Waals surface area contributed by atoms with Gasteiger partial charge in [-0.1, -0.05) is 66.7 Å². The third-order valence-electron chi connectivity index (χ3n) is 8.71. The number of hydrogen-bond donors (Lipinski definition) is 1. The Balaban J connectivity index is 1.32. The van der Waals surface area contributed by atoms with Crippen molar-refractivity contribution in [2.24, 2.45) is 0 Å². The number of benzene rings is 4. The molecule has 0 saturated carbocycles. The molecule has 242 valence electrons. The summed E-state index contributed by atoms with van der Waals surface area (Å²) < 4.78 is 13.4. The molecule has 2 atom stereocenters. The summed E-state index contributed by atoms with van der Waals surface area (Å²) in [6, 6.07) is 24.0. The quantitative estimate of drug-likeness (QED) is 0.207. The number of hydrogen-bond acceptors (Lipinski definition) is 6. The molecule has 1 N–H and O–H groups in total. The van der Waals surface area contributed by atoms with Crippen molar-refractivity contribution in [1.82, 2.24) is 25.1 Å². The van der Waals surface area contributed by atoms with Crippen LogP contribution in [0.2, 0.25) is 0 Å². The first-order chi connectivity index (χ1) is 22.6. The minimum atomic E-state index is -0.890. The summed E-state index contributed by atoms with van der Waals surface area (Å²) in [6.45, 7) is 4.20. The molecule has 2 fully saturated rings. The lowest BCUT2D eigenvalue weighted by molar-refractivity contribution is -0.384. The molecule has 0 spiro atoms. The van der Waals surface area contributed by atoms with Gasteiger partial charge in [0.05, 0.1) is 18.0 Å². The zero-order valence-electron chi connectivity index (χ0n) is 26.1. The fourth-order valence-electron chi connectivity index (χ4n) is 6.49. The van der Waals surface area contributed by atoms with Crippen LogP contribution in [-0.4, -0.2) is 73.9 Å². The number of nitrogens with one attached hydrogen (secondary N) is 1. The number of carbonyl (C=O) groups excluding carboxylic acids is 3. The second-order valence-corrected chi connectivity index (χ2v) is 12.1. The lowest BCUT2D eigenvalue weighted by Crippen LogP contribution is -2.66. The number of amides is 4. The molecule has 4 aromatic rings. The van der Waals surface area contributed by atoms with Gasteiger partial charge in [0, 0.05) is 37.7 Å². The first-order valence-corrected chi connectivity index (χ1v) is 15.5. The molecule has 4 amide bonds. The van der Waals surface area contributed by atoms with Crippen molar-refractivity contribution in [2.45, 2.75) is 51.6 Å². The third kappa shape index (κ3) is 6.50. The highest BCUT2D eigenvalue weighted by Gasteiger charge is 2.52. The molecule has 12 heteroatoms. The van der Waals surface area contributed by atoms with Gasteiger partial charge in [0.15, 0.2) is 0 Å². The number of hydrazine groups is 1. The summed E-state index contributed by atoms with van der Waals surface area (Å²) in [7, 11) is 0. The lowest BCUT2D eigenvalue weighted by Gasteiger charge is -2.47. The van der Waals surface area contributed by atoms with Crippen molar-refractivity contribution in [3.05, 3.63) is 124 Å². The number of fused-ring (bicyclic) bond motifs is 2. The predicted molar refractivity (Wildman–Crippen MR) is 173 cm³/mol. The van der Waals surface area contributed by atoms with E-state index >= 15 is 0 Å². The first-order valence-electron chi connectivity index (χ1n) is 15.5. The van der Waals surface area contributed by atoms with Gasteiger partial charge in [0.2, 0.25) is 11.8 Å². The van der Waals surface area contributed by atoms with E-state index < -0.39 is 23.2 Å². The Morgan fingerprint density at radius 3 is 2.36 bits per heavy atom. The smallest absolute Gasteiger partial charge is 0.332 e. The van der Waals surface area contributed by atoms with Crippen LogP contribution in [0.15, 0.2) is 91.0 Å². The number of nitrogens with zero attached hydrogens (tertiary/aromatic N) is 5. The van der Waals surface area contributed by atoms with E-state index in [1.54, 1.807) is 39.1 Å². The Morgan fingerprint density at radius 1 is 0.979 bits per heavy atom. The lowest BCUT2D eigenvalue weighted by atomic mass is 9.98. The molecule has 0 radical (unpaired) electrons. The van der Waals surface area contributed by atoms with Crippen LogP contribution in [0.1, 0.15) is 30.5 Å². The van der Waals surface area contributed by atoms with E-state index in [0.717, 1.165) is 21.9 Å². The van der Waals surface area contributed by atoms with E-state index in [9.17, 15) is 28.9 Å². The highest BCUT2D eigenvalue weighted by Crippen LogP contribution is 2.32. The second-order valence-electron chi connectivity index (χ2n) is 12.1. The standard InChI is InChI=1S/C35H35FN6O5/c1-23(2)41(35(45)37-19-25-10-14-28(36)15-11-25)39-22-33(43)40-31(18-24-12-16-29(17-13-24)42(46)47)34(44)38(21-32(39)40)20-27-8-5-7-26-6-3-4-9-30(26)27/h3-17,23,31-32H,18-22H2,1-2H3,(H,37,45)/t31-,32+/m0/s1. The van der Waals surface area contributed by atoms with Gasteiger partial charge >= 0.3 is 6.03 Å². The van der Waals surface area contributed by atoms with E-state index in [1.807, 2.05) is 56.3 Å². The van der Waals surface area contributed by atoms with Crippen LogP contribution in [0, 0.1) is 15.9 Å². The summed E-state index contributed by atoms with van der Waals surface area (Å²) in [6.07, 6.45) is -0.491. The first kappa shape index (κ1) is 31.6. The number of rotatable bonds is 9.